The van der Waals surface area contributed by atoms with E-state index in [1.54, 1.807) is 33.5 Å². The molecule has 1 aromatic carbocycles. The first-order valence-corrected chi connectivity index (χ1v) is 5.31. The molecule has 0 aliphatic heterocycles. The summed E-state index contributed by atoms with van der Waals surface area (Å²) < 4.78 is 15.9. The summed E-state index contributed by atoms with van der Waals surface area (Å²) in [6, 6.07) is 3.54. The van der Waals surface area contributed by atoms with E-state index in [1.807, 2.05) is 13.8 Å². The van der Waals surface area contributed by atoms with Crippen LogP contribution in [0, 0.1) is 0 Å². The summed E-state index contributed by atoms with van der Waals surface area (Å²) in [4.78, 5) is 0. The Bertz CT molecular complexity index is 375. The van der Waals surface area contributed by atoms with Crippen LogP contribution >= 0.6 is 11.6 Å². The van der Waals surface area contributed by atoms with Crippen molar-refractivity contribution in [2.24, 2.45) is 0 Å². The minimum Gasteiger partial charge on any atom is -0.497 e. The van der Waals surface area contributed by atoms with E-state index in [2.05, 4.69) is 0 Å². The lowest BCUT2D eigenvalue weighted by Gasteiger charge is -2.27. The molecular formula is C12H17ClO3. The molecule has 0 radical (unpaired) electrons. The van der Waals surface area contributed by atoms with Crippen molar-refractivity contribution in [1.29, 1.82) is 0 Å². The van der Waals surface area contributed by atoms with E-state index in [1.165, 1.54) is 0 Å². The molecule has 0 fully saturated rings. The van der Waals surface area contributed by atoms with E-state index >= 15 is 0 Å². The zero-order valence-electron chi connectivity index (χ0n) is 10.3. The van der Waals surface area contributed by atoms with Crippen LogP contribution < -0.4 is 9.47 Å². The molecule has 0 spiro atoms. The van der Waals surface area contributed by atoms with Gasteiger partial charge in [-0.1, -0.05) is 11.6 Å². The second kappa shape index (κ2) is 4.93. The van der Waals surface area contributed by atoms with Gasteiger partial charge in [-0.2, -0.15) is 0 Å². The molecule has 4 heteroatoms. The zero-order valence-corrected chi connectivity index (χ0v) is 11.0. The number of methoxy groups -OCH3 is 3. The molecule has 0 heterocycles. The van der Waals surface area contributed by atoms with Crippen LogP contribution in [0.2, 0.25) is 5.02 Å². The Labute approximate surface area is 101 Å². The molecule has 0 saturated heterocycles. The van der Waals surface area contributed by atoms with Gasteiger partial charge in [0.25, 0.3) is 0 Å². The predicted octanol–water partition coefficient (Wildman–Crippen LogP) is 3.24. The number of hydrogen-bond donors (Lipinski definition) is 0. The summed E-state index contributed by atoms with van der Waals surface area (Å²) in [6.07, 6.45) is 0. The Morgan fingerprint density at radius 3 is 2.12 bits per heavy atom. The Kier molecular flexibility index (Phi) is 4.05. The third-order valence-corrected chi connectivity index (χ3v) is 2.89. The molecule has 3 nitrogen and oxygen atoms in total. The van der Waals surface area contributed by atoms with Crippen molar-refractivity contribution in [3.63, 3.8) is 0 Å². The molecule has 0 atom stereocenters. The summed E-state index contributed by atoms with van der Waals surface area (Å²) in [5, 5.41) is 0.572. The fourth-order valence-electron chi connectivity index (χ4n) is 1.52. The fraction of sp³-hybridized carbons (Fsp3) is 0.500. The lowest BCUT2D eigenvalue weighted by Crippen LogP contribution is -2.21. The van der Waals surface area contributed by atoms with Gasteiger partial charge in [0.15, 0.2) is 0 Å². The number of benzene rings is 1. The molecule has 0 unspecified atom stereocenters. The second-order valence-electron chi connectivity index (χ2n) is 3.90. The van der Waals surface area contributed by atoms with Gasteiger partial charge in [0.05, 0.1) is 24.8 Å². The first-order chi connectivity index (χ1) is 7.46. The highest BCUT2D eigenvalue weighted by atomic mass is 35.5. The molecule has 90 valence electrons. The van der Waals surface area contributed by atoms with Gasteiger partial charge in [-0.25, -0.2) is 0 Å². The molecule has 0 saturated carbocycles. The maximum absolute atomic E-state index is 6.22. The molecule has 16 heavy (non-hydrogen) atoms. The molecule has 0 aliphatic rings. The maximum Gasteiger partial charge on any atom is 0.130 e. The molecule has 1 rings (SSSR count). The van der Waals surface area contributed by atoms with E-state index < -0.39 is 5.60 Å². The monoisotopic (exact) mass is 244 g/mol. The zero-order chi connectivity index (χ0) is 12.3. The lowest BCUT2D eigenvalue weighted by molar-refractivity contribution is 0.0173. The Hall–Kier alpha value is -0.930. The van der Waals surface area contributed by atoms with Gasteiger partial charge < -0.3 is 14.2 Å². The van der Waals surface area contributed by atoms with Crippen LogP contribution in [-0.4, -0.2) is 21.3 Å². The Balaban J connectivity index is 3.38. The van der Waals surface area contributed by atoms with Crippen LogP contribution in [0.5, 0.6) is 11.5 Å². The third-order valence-electron chi connectivity index (χ3n) is 2.60. The van der Waals surface area contributed by atoms with Crippen molar-refractivity contribution in [2.75, 3.05) is 21.3 Å². The fourth-order valence-corrected chi connectivity index (χ4v) is 1.95. The van der Waals surface area contributed by atoms with Crippen LogP contribution in [0.25, 0.3) is 0 Å². The second-order valence-corrected chi connectivity index (χ2v) is 4.31. The van der Waals surface area contributed by atoms with Crippen LogP contribution in [0.3, 0.4) is 0 Å². The van der Waals surface area contributed by atoms with E-state index in [9.17, 15) is 0 Å². The topological polar surface area (TPSA) is 27.7 Å². The molecular weight excluding hydrogens is 228 g/mol. The van der Waals surface area contributed by atoms with Crippen LogP contribution in [0.1, 0.15) is 19.4 Å². The first-order valence-electron chi connectivity index (χ1n) is 4.93. The van der Waals surface area contributed by atoms with E-state index in [0.29, 0.717) is 16.5 Å². The summed E-state index contributed by atoms with van der Waals surface area (Å²) >= 11 is 6.22. The van der Waals surface area contributed by atoms with Gasteiger partial charge in [-0.15, -0.1) is 0 Å². The van der Waals surface area contributed by atoms with Crippen LogP contribution in [0.4, 0.5) is 0 Å². The minimum atomic E-state index is -0.505. The van der Waals surface area contributed by atoms with Crippen molar-refractivity contribution in [2.45, 2.75) is 19.4 Å². The largest absolute Gasteiger partial charge is 0.497 e. The Morgan fingerprint density at radius 1 is 1.06 bits per heavy atom. The highest BCUT2D eigenvalue weighted by Gasteiger charge is 2.27. The molecule has 1 aromatic rings. The van der Waals surface area contributed by atoms with E-state index in [4.69, 9.17) is 25.8 Å². The van der Waals surface area contributed by atoms with Crippen LogP contribution in [-0.2, 0) is 10.3 Å². The third kappa shape index (κ3) is 2.42. The number of hydrogen-bond acceptors (Lipinski definition) is 3. The number of ether oxygens (including phenoxy) is 3. The first kappa shape index (κ1) is 13.1. The lowest BCUT2D eigenvalue weighted by atomic mass is 9.96. The SMILES string of the molecule is COc1cc(Cl)c(C(C)(C)OC)c(OC)c1. The molecule has 0 bridgehead atoms. The smallest absolute Gasteiger partial charge is 0.130 e. The van der Waals surface area contributed by atoms with Crippen molar-refractivity contribution < 1.29 is 14.2 Å². The number of rotatable bonds is 4. The average molecular weight is 245 g/mol. The normalized spacial score (nSPS) is 11.4. The molecule has 0 amide bonds. The number of halogens is 1. The molecule has 0 N–H and O–H groups in total. The molecule has 0 aliphatic carbocycles. The van der Waals surface area contributed by atoms with Crippen molar-refractivity contribution in [3.05, 3.63) is 22.7 Å². The minimum absolute atomic E-state index is 0.505. The van der Waals surface area contributed by atoms with Crippen LogP contribution in [0.15, 0.2) is 12.1 Å². The summed E-state index contributed by atoms with van der Waals surface area (Å²) in [5.74, 6) is 1.33. The molecule has 0 aromatic heterocycles. The summed E-state index contributed by atoms with van der Waals surface area (Å²) in [6.45, 7) is 3.87. The van der Waals surface area contributed by atoms with E-state index in [-0.39, 0.29) is 0 Å². The highest BCUT2D eigenvalue weighted by molar-refractivity contribution is 6.31. The van der Waals surface area contributed by atoms with Gasteiger partial charge >= 0.3 is 0 Å². The van der Waals surface area contributed by atoms with E-state index in [0.717, 1.165) is 5.56 Å². The van der Waals surface area contributed by atoms with Gasteiger partial charge in [-0.05, 0) is 19.9 Å². The van der Waals surface area contributed by atoms with Gasteiger partial charge in [0.2, 0.25) is 0 Å². The van der Waals surface area contributed by atoms with Crippen molar-refractivity contribution >= 4 is 11.6 Å². The Morgan fingerprint density at radius 2 is 1.69 bits per heavy atom. The van der Waals surface area contributed by atoms with Gasteiger partial charge in [-0.3, -0.25) is 0 Å². The van der Waals surface area contributed by atoms with Gasteiger partial charge in [0, 0.05) is 18.7 Å². The maximum atomic E-state index is 6.22. The van der Waals surface area contributed by atoms with Crippen molar-refractivity contribution in [1.82, 2.24) is 0 Å². The van der Waals surface area contributed by atoms with Gasteiger partial charge in [0.1, 0.15) is 11.5 Å². The highest BCUT2D eigenvalue weighted by Crippen LogP contribution is 2.40. The standard InChI is InChI=1S/C12H17ClO3/c1-12(2,16-5)11-9(13)6-8(14-3)7-10(11)15-4/h6-7H,1-5H3. The van der Waals surface area contributed by atoms with Crippen molar-refractivity contribution in [3.8, 4) is 11.5 Å². The average Bonchev–Trinajstić information content (AvgIpc) is 2.27. The predicted molar refractivity (Wildman–Crippen MR) is 64.6 cm³/mol. The summed E-state index contributed by atoms with van der Waals surface area (Å²) in [7, 11) is 4.83. The quantitative estimate of drug-likeness (QED) is 0.814. The summed E-state index contributed by atoms with van der Waals surface area (Å²) in [5.41, 5.74) is 0.314.